The molecular weight excluding hydrogens is 358 g/mol. The van der Waals surface area contributed by atoms with E-state index < -0.39 is 10.0 Å². The standard InChI is InChI=1S/C21H25N3O2S/c1-17(15-22-12-5-8-18-6-3-2-4-7-18)24-27(25,26)21-10-9-20-16-23-13-11-19(20)14-21/h2-4,6-7,9-11,13-14,16-17,22,24H,5,8,12,15H2,1H3/t17-/m1/s1. The Morgan fingerprint density at radius 3 is 2.67 bits per heavy atom. The maximum atomic E-state index is 12.6. The highest BCUT2D eigenvalue weighted by Gasteiger charge is 2.17. The van der Waals surface area contributed by atoms with Crippen molar-refractivity contribution in [3.05, 3.63) is 72.6 Å². The van der Waals surface area contributed by atoms with Gasteiger partial charge in [0.15, 0.2) is 0 Å². The summed E-state index contributed by atoms with van der Waals surface area (Å²) in [5, 5.41) is 5.11. The second-order valence-electron chi connectivity index (χ2n) is 6.70. The molecular formula is C21H25N3O2S. The lowest BCUT2D eigenvalue weighted by Gasteiger charge is -2.15. The molecule has 0 aliphatic rings. The molecule has 5 nitrogen and oxygen atoms in total. The van der Waals surface area contributed by atoms with Crippen LogP contribution in [-0.4, -0.2) is 32.5 Å². The van der Waals surface area contributed by atoms with Gasteiger partial charge in [-0.1, -0.05) is 36.4 Å². The lowest BCUT2D eigenvalue weighted by Crippen LogP contribution is -2.40. The van der Waals surface area contributed by atoms with Gasteiger partial charge in [0.05, 0.1) is 4.90 Å². The minimum Gasteiger partial charge on any atom is -0.315 e. The van der Waals surface area contributed by atoms with Gasteiger partial charge < -0.3 is 5.32 Å². The molecule has 0 aliphatic heterocycles. The van der Waals surface area contributed by atoms with Gasteiger partial charge in [0.2, 0.25) is 10.0 Å². The minimum absolute atomic E-state index is 0.195. The molecule has 142 valence electrons. The molecule has 2 N–H and O–H groups in total. The Balaban J connectivity index is 1.47. The molecule has 0 fully saturated rings. The highest BCUT2D eigenvalue weighted by Crippen LogP contribution is 2.18. The molecule has 1 atom stereocenters. The number of nitrogens with one attached hydrogen (secondary N) is 2. The Morgan fingerprint density at radius 1 is 1.04 bits per heavy atom. The molecule has 3 aromatic rings. The Bertz CT molecular complexity index is 975. The third kappa shape index (κ3) is 5.60. The average Bonchev–Trinajstić information content (AvgIpc) is 2.68. The van der Waals surface area contributed by atoms with Crippen molar-refractivity contribution in [3.63, 3.8) is 0 Å². The van der Waals surface area contributed by atoms with Crippen LogP contribution < -0.4 is 10.0 Å². The van der Waals surface area contributed by atoms with Crippen molar-refractivity contribution in [2.45, 2.75) is 30.7 Å². The number of hydrogen-bond donors (Lipinski definition) is 2. The number of aromatic nitrogens is 1. The highest BCUT2D eigenvalue weighted by molar-refractivity contribution is 7.89. The molecule has 2 aromatic carbocycles. The number of benzene rings is 2. The summed E-state index contributed by atoms with van der Waals surface area (Å²) < 4.78 is 28.0. The molecule has 0 radical (unpaired) electrons. The van der Waals surface area contributed by atoms with E-state index in [2.05, 4.69) is 27.2 Å². The lowest BCUT2D eigenvalue weighted by molar-refractivity contribution is 0.532. The minimum atomic E-state index is -3.55. The molecule has 3 rings (SSSR count). The van der Waals surface area contributed by atoms with Gasteiger partial charge in [-0.05, 0) is 55.5 Å². The smallest absolute Gasteiger partial charge is 0.240 e. The molecule has 0 amide bonds. The fourth-order valence-corrected chi connectivity index (χ4v) is 4.26. The molecule has 1 aromatic heterocycles. The van der Waals surface area contributed by atoms with Crippen LogP contribution in [0.5, 0.6) is 0 Å². The predicted octanol–water partition coefficient (Wildman–Crippen LogP) is 3.12. The van der Waals surface area contributed by atoms with Crippen molar-refractivity contribution in [2.24, 2.45) is 0 Å². The first kappa shape index (κ1) is 19.5. The van der Waals surface area contributed by atoms with Crippen molar-refractivity contribution in [1.82, 2.24) is 15.0 Å². The summed E-state index contributed by atoms with van der Waals surface area (Å²) in [6.45, 7) is 3.31. The van der Waals surface area contributed by atoms with Crippen molar-refractivity contribution in [3.8, 4) is 0 Å². The summed E-state index contributed by atoms with van der Waals surface area (Å²) in [4.78, 5) is 4.32. The van der Waals surface area contributed by atoms with Crippen molar-refractivity contribution in [1.29, 1.82) is 0 Å². The fourth-order valence-electron chi connectivity index (χ4n) is 2.98. The van der Waals surface area contributed by atoms with E-state index in [0.717, 1.165) is 30.2 Å². The quantitative estimate of drug-likeness (QED) is 0.557. The molecule has 0 bridgehead atoms. The summed E-state index contributed by atoms with van der Waals surface area (Å²) in [6, 6.07) is 17.0. The zero-order chi connectivity index (χ0) is 19.1. The Labute approximate surface area is 160 Å². The van der Waals surface area contributed by atoms with Gasteiger partial charge in [-0.3, -0.25) is 4.98 Å². The van der Waals surface area contributed by atoms with E-state index in [9.17, 15) is 8.42 Å². The van der Waals surface area contributed by atoms with Gasteiger partial charge in [-0.2, -0.15) is 0 Å². The number of aryl methyl sites for hydroxylation is 1. The normalized spacial score (nSPS) is 12.9. The molecule has 1 heterocycles. The van der Waals surface area contributed by atoms with Crippen molar-refractivity contribution < 1.29 is 8.42 Å². The molecule has 27 heavy (non-hydrogen) atoms. The topological polar surface area (TPSA) is 71.1 Å². The van der Waals surface area contributed by atoms with Gasteiger partial charge in [0.25, 0.3) is 0 Å². The maximum absolute atomic E-state index is 12.6. The Morgan fingerprint density at radius 2 is 1.85 bits per heavy atom. The predicted molar refractivity (Wildman–Crippen MR) is 109 cm³/mol. The second kappa shape index (κ2) is 9.08. The molecule has 0 aliphatic carbocycles. The molecule has 0 saturated carbocycles. The summed E-state index contributed by atoms with van der Waals surface area (Å²) in [6.07, 6.45) is 5.41. The van der Waals surface area contributed by atoms with Crippen LogP contribution in [0.1, 0.15) is 18.9 Å². The van der Waals surface area contributed by atoms with E-state index in [1.54, 1.807) is 30.6 Å². The molecule has 0 unspecified atom stereocenters. The first-order valence-electron chi connectivity index (χ1n) is 9.15. The SMILES string of the molecule is C[C@H](CNCCCc1ccccc1)NS(=O)(=O)c1ccc2cnccc2c1. The van der Waals surface area contributed by atoms with Crippen molar-refractivity contribution in [2.75, 3.05) is 13.1 Å². The zero-order valence-corrected chi connectivity index (χ0v) is 16.2. The summed E-state index contributed by atoms with van der Waals surface area (Å²) >= 11 is 0. The lowest BCUT2D eigenvalue weighted by atomic mass is 10.1. The number of pyridine rings is 1. The molecule has 6 heteroatoms. The summed E-state index contributed by atoms with van der Waals surface area (Å²) in [5.74, 6) is 0. The monoisotopic (exact) mass is 383 g/mol. The fraction of sp³-hybridized carbons (Fsp3) is 0.286. The van der Waals surface area contributed by atoms with Crippen molar-refractivity contribution >= 4 is 20.8 Å². The first-order valence-corrected chi connectivity index (χ1v) is 10.6. The molecule has 0 spiro atoms. The third-order valence-electron chi connectivity index (χ3n) is 4.39. The van der Waals surface area contributed by atoms with Crippen LogP contribution in [0.25, 0.3) is 10.8 Å². The van der Waals surface area contributed by atoms with E-state index in [-0.39, 0.29) is 10.9 Å². The largest absolute Gasteiger partial charge is 0.315 e. The third-order valence-corrected chi connectivity index (χ3v) is 5.98. The van der Waals surface area contributed by atoms with Crippen LogP contribution >= 0.6 is 0 Å². The van der Waals surface area contributed by atoms with E-state index in [1.165, 1.54) is 5.56 Å². The second-order valence-corrected chi connectivity index (χ2v) is 8.41. The van der Waals surface area contributed by atoms with E-state index in [4.69, 9.17) is 0 Å². The maximum Gasteiger partial charge on any atom is 0.240 e. The number of sulfonamides is 1. The van der Waals surface area contributed by atoms with Gasteiger partial charge >= 0.3 is 0 Å². The number of rotatable bonds is 9. The first-order chi connectivity index (χ1) is 13.0. The van der Waals surface area contributed by atoms with E-state index in [0.29, 0.717) is 6.54 Å². The summed E-state index contributed by atoms with van der Waals surface area (Å²) in [7, 11) is -3.55. The number of nitrogens with zero attached hydrogens (tertiary/aromatic N) is 1. The Kier molecular flexibility index (Phi) is 6.55. The average molecular weight is 384 g/mol. The Hall–Kier alpha value is -2.28. The van der Waals surface area contributed by atoms with Gasteiger partial charge in [-0.25, -0.2) is 13.1 Å². The highest BCUT2D eigenvalue weighted by atomic mass is 32.2. The van der Waals surface area contributed by atoms with Gasteiger partial charge in [0.1, 0.15) is 0 Å². The molecule has 0 saturated heterocycles. The van der Waals surface area contributed by atoms with Crippen LogP contribution in [0, 0.1) is 0 Å². The van der Waals surface area contributed by atoms with Gasteiger partial charge in [0, 0.05) is 30.4 Å². The summed E-state index contributed by atoms with van der Waals surface area (Å²) in [5.41, 5.74) is 1.32. The zero-order valence-electron chi connectivity index (χ0n) is 15.4. The van der Waals surface area contributed by atoms with E-state index >= 15 is 0 Å². The van der Waals surface area contributed by atoms with Crippen LogP contribution in [0.3, 0.4) is 0 Å². The van der Waals surface area contributed by atoms with Crippen LogP contribution in [-0.2, 0) is 16.4 Å². The number of hydrogen-bond acceptors (Lipinski definition) is 4. The van der Waals surface area contributed by atoms with Gasteiger partial charge in [-0.15, -0.1) is 0 Å². The van der Waals surface area contributed by atoms with Crippen LogP contribution in [0.2, 0.25) is 0 Å². The van der Waals surface area contributed by atoms with Crippen LogP contribution in [0.4, 0.5) is 0 Å². The van der Waals surface area contributed by atoms with Crippen LogP contribution in [0.15, 0.2) is 71.9 Å². The number of fused-ring (bicyclic) bond motifs is 1. The van der Waals surface area contributed by atoms with E-state index in [1.807, 2.05) is 31.2 Å².